The van der Waals surface area contributed by atoms with Crippen LogP contribution in [0, 0.1) is 0 Å². The van der Waals surface area contributed by atoms with E-state index in [1.54, 1.807) is 11.8 Å². The van der Waals surface area contributed by atoms with Crippen LogP contribution in [0.2, 0.25) is 0 Å². The zero-order valence-electron chi connectivity index (χ0n) is 15.1. The minimum Gasteiger partial charge on any atom is -0.481 e. The fourth-order valence-corrected chi connectivity index (χ4v) is 2.86. The van der Waals surface area contributed by atoms with Crippen LogP contribution >= 0.6 is 0 Å². The van der Waals surface area contributed by atoms with Gasteiger partial charge in [-0.1, -0.05) is 18.2 Å². The zero-order chi connectivity index (χ0) is 18.1. The van der Waals surface area contributed by atoms with E-state index < -0.39 is 6.10 Å². The number of hydrogen-bond donors (Lipinski definition) is 0. The highest BCUT2D eigenvalue weighted by Crippen LogP contribution is 2.13. The molecule has 1 aromatic carbocycles. The minimum atomic E-state index is -0.539. The number of hydrogen-bond acceptors (Lipinski definition) is 4. The van der Waals surface area contributed by atoms with Gasteiger partial charge in [0.15, 0.2) is 6.10 Å². The highest BCUT2D eigenvalue weighted by molar-refractivity contribution is 5.81. The van der Waals surface area contributed by atoms with Crippen LogP contribution in [0.15, 0.2) is 30.3 Å². The van der Waals surface area contributed by atoms with E-state index in [1.807, 2.05) is 42.2 Å². The lowest BCUT2D eigenvalue weighted by Crippen LogP contribution is -2.43. The third-order valence-corrected chi connectivity index (χ3v) is 4.23. The van der Waals surface area contributed by atoms with Gasteiger partial charge >= 0.3 is 0 Å². The van der Waals surface area contributed by atoms with Crippen molar-refractivity contribution in [2.24, 2.45) is 0 Å². The molecule has 1 unspecified atom stereocenters. The molecular weight excluding hydrogens is 320 g/mol. The molecule has 0 aliphatic carbocycles. The van der Waals surface area contributed by atoms with E-state index in [9.17, 15) is 9.59 Å². The summed E-state index contributed by atoms with van der Waals surface area (Å²) in [6.07, 6.45) is 0.641. The summed E-state index contributed by atoms with van der Waals surface area (Å²) in [5.41, 5.74) is 0. The first-order chi connectivity index (χ1) is 12.1. The molecular formula is C19H28N2O4. The van der Waals surface area contributed by atoms with Gasteiger partial charge in [-0.2, -0.15) is 0 Å². The second-order valence-corrected chi connectivity index (χ2v) is 6.08. The summed E-state index contributed by atoms with van der Waals surface area (Å²) in [6, 6.07) is 9.34. The van der Waals surface area contributed by atoms with Gasteiger partial charge in [-0.3, -0.25) is 9.59 Å². The molecule has 1 atom stereocenters. The highest BCUT2D eigenvalue weighted by Gasteiger charge is 2.25. The van der Waals surface area contributed by atoms with E-state index in [0.717, 1.165) is 6.42 Å². The van der Waals surface area contributed by atoms with Crippen LogP contribution in [0.1, 0.15) is 26.7 Å². The summed E-state index contributed by atoms with van der Waals surface area (Å²) in [5, 5.41) is 0. The molecule has 1 aromatic rings. The summed E-state index contributed by atoms with van der Waals surface area (Å²) >= 11 is 0. The van der Waals surface area contributed by atoms with Gasteiger partial charge in [-0.15, -0.1) is 0 Å². The molecule has 25 heavy (non-hydrogen) atoms. The van der Waals surface area contributed by atoms with E-state index in [2.05, 4.69) is 0 Å². The van der Waals surface area contributed by atoms with Crippen molar-refractivity contribution in [1.29, 1.82) is 0 Å². The van der Waals surface area contributed by atoms with Gasteiger partial charge in [0.1, 0.15) is 5.75 Å². The van der Waals surface area contributed by atoms with Crippen LogP contribution < -0.4 is 4.74 Å². The molecule has 2 amide bonds. The topological polar surface area (TPSA) is 59.1 Å². The first-order valence-corrected chi connectivity index (χ1v) is 8.97. The molecule has 6 heteroatoms. The Labute approximate surface area is 149 Å². The van der Waals surface area contributed by atoms with Crippen molar-refractivity contribution in [3.05, 3.63) is 30.3 Å². The standard InChI is InChI=1S/C19H28N2O4/c1-3-24-15-10-18(22)20-11-7-12-21(14-13-20)19(23)16(2)25-17-8-5-4-6-9-17/h4-6,8-9,16H,3,7,10-15H2,1-2H3. The Kier molecular flexibility index (Phi) is 7.73. The maximum absolute atomic E-state index is 12.6. The Morgan fingerprint density at radius 3 is 2.48 bits per heavy atom. The predicted octanol–water partition coefficient (Wildman–Crippen LogP) is 1.94. The number of nitrogens with zero attached hydrogens (tertiary/aromatic N) is 2. The normalized spacial score (nSPS) is 16.2. The molecule has 1 heterocycles. The molecule has 6 nitrogen and oxygen atoms in total. The monoisotopic (exact) mass is 348 g/mol. The average Bonchev–Trinajstić information content (AvgIpc) is 2.88. The van der Waals surface area contributed by atoms with E-state index in [-0.39, 0.29) is 11.8 Å². The lowest BCUT2D eigenvalue weighted by Gasteiger charge is -2.25. The van der Waals surface area contributed by atoms with Gasteiger partial charge in [0.2, 0.25) is 5.91 Å². The number of ether oxygens (including phenoxy) is 2. The van der Waals surface area contributed by atoms with Crippen molar-refractivity contribution in [3.8, 4) is 5.75 Å². The lowest BCUT2D eigenvalue weighted by atomic mass is 10.3. The molecule has 1 aliphatic rings. The van der Waals surface area contributed by atoms with Gasteiger partial charge in [0.25, 0.3) is 5.91 Å². The number of amides is 2. The lowest BCUT2D eigenvalue weighted by molar-refractivity contribution is -0.138. The first kappa shape index (κ1) is 19.2. The maximum atomic E-state index is 12.6. The first-order valence-electron chi connectivity index (χ1n) is 8.97. The molecule has 1 aliphatic heterocycles. The van der Waals surface area contributed by atoms with Crippen LogP contribution in [0.5, 0.6) is 5.75 Å². The third kappa shape index (κ3) is 6.05. The quantitative estimate of drug-likeness (QED) is 0.707. The summed E-state index contributed by atoms with van der Waals surface area (Å²) in [5.74, 6) is 0.745. The van der Waals surface area contributed by atoms with E-state index >= 15 is 0 Å². The van der Waals surface area contributed by atoms with Crippen molar-refractivity contribution in [2.45, 2.75) is 32.8 Å². The van der Waals surface area contributed by atoms with Gasteiger partial charge in [0.05, 0.1) is 13.0 Å². The molecule has 0 saturated carbocycles. The van der Waals surface area contributed by atoms with Crippen LogP contribution in [-0.2, 0) is 14.3 Å². The zero-order valence-corrected chi connectivity index (χ0v) is 15.1. The molecule has 2 rings (SSSR count). The summed E-state index contributed by atoms with van der Waals surface area (Å²) in [6.45, 7) is 7.20. The number of benzene rings is 1. The smallest absolute Gasteiger partial charge is 0.263 e. The van der Waals surface area contributed by atoms with Gasteiger partial charge in [-0.05, 0) is 32.4 Å². The number of carbonyl (C=O) groups excluding carboxylic acids is 2. The van der Waals surface area contributed by atoms with Crippen LogP contribution in [0.3, 0.4) is 0 Å². The fraction of sp³-hybridized carbons (Fsp3) is 0.579. The summed E-state index contributed by atoms with van der Waals surface area (Å²) < 4.78 is 11.0. The molecule has 1 fully saturated rings. The summed E-state index contributed by atoms with van der Waals surface area (Å²) in [7, 11) is 0. The Bertz CT molecular complexity index is 550. The summed E-state index contributed by atoms with van der Waals surface area (Å²) in [4.78, 5) is 28.4. The Balaban J connectivity index is 1.82. The molecule has 0 spiro atoms. The third-order valence-electron chi connectivity index (χ3n) is 4.23. The number of rotatable bonds is 7. The molecule has 0 radical (unpaired) electrons. The number of para-hydroxylation sites is 1. The molecule has 1 saturated heterocycles. The second kappa shape index (κ2) is 10.0. The minimum absolute atomic E-state index is 0.0348. The van der Waals surface area contributed by atoms with Crippen molar-refractivity contribution in [3.63, 3.8) is 0 Å². The Morgan fingerprint density at radius 1 is 1.08 bits per heavy atom. The molecule has 0 bridgehead atoms. The molecule has 138 valence electrons. The molecule has 0 aromatic heterocycles. The van der Waals surface area contributed by atoms with Crippen LogP contribution in [0.25, 0.3) is 0 Å². The average molecular weight is 348 g/mol. The SMILES string of the molecule is CCOCCC(=O)N1CCCN(C(=O)C(C)Oc2ccccc2)CC1. The second-order valence-electron chi connectivity index (χ2n) is 6.08. The van der Waals surface area contributed by atoms with Crippen LogP contribution in [-0.4, -0.2) is 67.1 Å². The Hall–Kier alpha value is -2.08. The highest BCUT2D eigenvalue weighted by atomic mass is 16.5. The van der Waals surface area contributed by atoms with Crippen LogP contribution in [0.4, 0.5) is 0 Å². The Morgan fingerprint density at radius 2 is 1.76 bits per heavy atom. The number of carbonyl (C=O) groups is 2. The largest absolute Gasteiger partial charge is 0.481 e. The van der Waals surface area contributed by atoms with E-state index in [4.69, 9.17) is 9.47 Å². The molecule has 0 N–H and O–H groups in total. The van der Waals surface area contributed by atoms with E-state index in [1.165, 1.54) is 0 Å². The maximum Gasteiger partial charge on any atom is 0.263 e. The van der Waals surface area contributed by atoms with Gasteiger partial charge in [0, 0.05) is 32.8 Å². The van der Waals surface area contributed by atoms with Gasteiger partial charge < -0.3 is 19.3 Å². The fourth-order valence-electron chi connectivity index (χ4n) is 2.86. The van der Waals surface area contributed by atoms with Crippen molar-refractivity contribution >= 4 is 11.8 Å². The predicted molar refractivity (Wildman–Crippen MR) is 95.4 cm³/mol. The van der Waals surface area contributed by atoms with Gasteiger partial charge in [-0.25, -0.2) is 0 Å². The van der Waals surface area contributed by atoms with E-state index in [0.29, 0.717) is 51.6 Å². The van der Waals surface area contributed by atoms with Crippen molar-refractivity contribution in [2.75, 3.05) is 39.4 Å². The van der Waals surface area contributed by atoms with Crippen molar-refractivity contribution < 1.29 is 19.1 Å². The van der Waals surface area contributed by atoms with Crippen molar-refractivity contribution in [1.82, 2.24) is 9.80 Å².